The SMILES string of the molecule is c1ccc(-n2c3ccccc3c3c4c5ccccc5n5c4c4c(c32)-c2cccc3c2n(c2c6cccc7c6n(c32)B2c3ccccc3-n3c6ccccc6c6c8c9ccccc9n(-c9ccccc9)c8c-7c2c63)B4c2ccccc2-5)cc1. The monoisotopic (exact) mass is 1030 g/mol. The van der Waals surface area contributed by atoms with Crippen molar-refractivity contribution in [3.05, 3.63) is 243 Å². The molecule has 6 aromatic heterocycles. The lowest BCUT2D eigenvalue weighted by molar-refractivity contribution is 1.17. The first-order chi connectivity index (χ1) is 40.8. The van der Waals surface area contributed by atoms with Crippen molar-refractivity contribution in [2.45, 2.75) is 0 Å². The highest BCUT2D eigenvalue weighted by Crippen LogP contribution is 2.55. The van der Waals surface area contributed by atoms with Crippen LogP contribution in [0.25, 0.3) is 165 Å². The highest BCUT2D eigenvalue weighted by atomic mass is 15.1. The molecule has 0 unspecified atom stereocenters. The van der Waals surface area contributed by atoms with E-state index in [1.165, 1.54) is 176 Å². The first-order valence-corrected chi connectivity index (χ1v) is 28.8. The Hall–Kier alpha value is -10.7. The van der Waals surface area contributed by atoms with Gasteiger partial charge in [-0.1, -0.05) is 182 Å². The molecule has 0 amide bonds. The minimum absolute atomic E-state index is 0.155. The fourth-order valence-electron chi connectivity index (χ4n) is 17.3. The molecule has 22 rings (SSSR count). The Labute approximate surface area is 467 Å². The summed E-state index contributed by atoms with van der Waals surface area (Å²) < 4.78 is 16.1. The summed E-state index contributed by atoms with van der Waals surface area (Å²) in [7, 11) is 0. The summed E-state index contributed by atoms with van der Waals surface area (Å²) in [6.45, 7) is -0.309. The molecule has 0 spiro atoms. The molecule has 18 aromatic rings. The van der Waals surface area contributed by atoms with Crippen LogP contribution < -0.4 is 21.9 Å². The third kappa shape index (κ3) is 4.39. The van der Waals surface area contributed by atoms with Gasteiger partial charge >= 0.3 is 13.7 Å². The topological polar surface area (TPSA) is 29.6 Å². The largest absolute Gasteiger partial charge is 0.374 e. The van der Waals surface area contributed by atoms with E-state index in [9.17, 15) is 0 Å². The maximum absolute atomic E-state index is 2.83. The zero-order valence-electron chi connectivity index (χ0n) is 43.9. The molecular formula is C74H40B2N6. The van der Waals surface area contributed by atoms with Gasteiger partial charge in [0, 0.05) is 110 Å². The van der Waals surface area contributed by atoms with Crippen molar-refractivity contribution in [1.29, 1.82) is 0 Å². The van der Waals surface area contributed by atoms with Crippen molar-refractivity contribution in [3.63, 3.8) is 0 Å². The van der Waals surface area contributed by atoms with E-state index in [1.54, 1.807) is 0 Å². The molecule has 0 bridgehead atoms. The van der Waals surface area contributed by atoms with E-state index in [0.29, 0.717) is 0 Å². The lowest BCUT2D eigenvalue weighted by Gasteiger charge is -2.35. The van der Waals surface area contributed by atoms with Gasteiger partial charge in [-0.3, -0.25) is 0 Å². The molecule has 4 aliphatic rings. The Morgan fingerprint density at radius 2 is 0.561 bits per heavy atom. The average molecular weight is 1030 g/mol. The van der Waals surface area contributed by atoms with Crippen LogP contribution in [0.1, 0.15) is 0 Å². The predicted octanol–water partition coefficient (Wildman–Crippen LogP) is 15.0. The van der Waals surface area contributed by atoms with Gasteiger partial charge in [0.25, 0.3) is 0 Å². The number of hydrogen-bond acceptors (Lipinski definition) is 0. The summed E-state index contributed by atoms with van der Waals surface area (Å²) in [5, 5.41) is 12.9. The summed E-state index contributed by atoms with van der Waals surface area (Å²) in [5.74, 6) is 0. The van der Waals surface area contributed by atoms with Gasteiger partial charge in [0.1, 0.15) is 0 Å². The van der Waals surface area contributed by atoms with Gasteiger partial charge < -0.3 is 27.2 Å². The van der Waals surface area contributed by atoms with E-state index in [0.717, 1.165) is 11.4 Å². The van der Waals surface area contributed by atoms with Crippen molar-refractivity contribution < 1.29 is 0 Å². The molecule has 0 N–H and O–H groups in total. The fourth-order valence-corrected chi connectivity index (χ4v) is 17.3. The van der Waals surface area contributed by atoms with Crippen molar-refractivity contribution in [2.24, 2.45) is 0 Å². The van der Waals surface area contributed by atoms with Crippen LogP contribution >= 0.6 is 0 Å². The van der Waals surface area contributed by atoms with Crippen LogP contribution in [0, 0.1) is 0 Å². The normalized spacial score (nSPS) is 13.6. The molecule has 0 atom stereocenters. The second-order valence-corrected chi connectivity index (χ2v) is 23.3. The van der Waals surface area contributed by atoms with Crippen LogP contribution in [0.2, 0.25) is 0 Å². The van der Waals surface area contributed by atoms with E-state index in [-0.39, 0.29) is 13.7 Å². The van der Waals surface area contributed by atoms with E-state index in [4.69, 9.17) is 0 Å². The number of nitrogens with zero attached hydrogens (tertiary/aromatic N) is 6. The molecule has 0 fully saturated rings. The zero-order chi connectivity index (χ0) is 52.5. The highest BCUT2D eigenvalue weighted by molar-refractivity contribution is 6.93. The van der Waals surface area contributed by atoms with Gasteiger partial charge in [-0.15, -0.1) is 0 Å². The molecule has 372 valence electrons. The molecule has 0 aliphatic carbocycles. The fraction of sp³-hybridized carbons (Fsp3) is 0. The molecule has 12 aromatic carbocycles. The van der Waals surface area contributed by atoms with Crippen LogP contribution in [0.15, 0.2) is 243 Å². The van der Waals surface area contributed by atoms with Crippen LogP contribution in [-0.2, 0) is 0 Å². The molecule has 4 aliphatic heterocycles. The third-order valence-corrected chi connectivity index (χ3v) is 19.9. The Kier molecular flexibility index (Phi) is 7.06. The highest BCUT2D eigenvalue weighted by Gasteiger charge is 2.48. The number of para-hydroxylation sites is 10. The first kappa shape index (κ1) is 41.4. The third-order valence-electron chi connectivity index (χ3n) is 19.9. The van der Waals surface area contributed by atoms with E-state index < -0.39 is 0 Å². The van der Waals surface area contributed by atoms with Gasteiger partial charge in [0.2, 0.25) is 0 Å². The molecule has 0 saturated heterocycles. The van der Waals surface area contributed by atoms with Crippen molar-refractivity contribution in [1.82, 2.24) is 27.2 Å². The number of benzene rings is 12. The molecule has 10 heterocycles. The smallest absolute Gasteiger partial charge is 0.333 e. The summed E-state index contributed by atoms with van der Waals surface area (Å²) in [4.78, 5) is 0. The van der Waals surface area contributed by atoms with Crippen LogP contribution in [0.5, 0.6) is 0 Å². The lowest BCUT2D eigenvalue weighted by atomic mass is 9.45. The number of aromatic nitrogens is 6. The van der Waals surface area contributed by atoms with Crippen LogP contribution in [0.4, 0.5) is 0 Å². The Morgan fingerprint density at radius 3 is 0.976 bits per heavy atom. The average Bonchev–Trinajstić information content (AvgIpc) is 1.57. The van der Waals surface area contributed by atoms with Gasteiger partial charge in [0.05, 0.1) is 55.2 Å². The minimum Gasteiger partial charge on any atom is -0.374 e. The minimum atomic E-state index is -0.155. The second-order valence-electron chi connectivity index (χ2n) is 23.3. The summed E-state index contributed by atoms with van der Waals surface area (Å²) in [6.07, 6.45) is 0. The molecular weight excluding hydrogens is 994 g/mol. The van der Waals surface area contributed by atoms with Crippen LogP contribution in [-0.4, -0.2) is 40.9 Å². The van der Waals surface area contributed by atoms with Gasteiger partial charge in [-0.05, 0) is 82.5 Å². The number of hydrogen-bond donors (Lipinski definition) is 0. The van der Waals surface area contributed by atoms with E-state index >= 15 is 0 Å². The lowest BCUT2D eigenvalue weighted by Crippen LogP contribution is -2.55. The predicted molar refractivity (Wildman–Crippen MR) is 344 cm³/mol. The quantitative estimate of drug-likeness (QED) is 0.154. The van der Waals surface area contributed by atoms with Crippen molar-refractivity contribution in [3.8, 4) is 45.0 Å². The van der Waals surface area contributed by atoms with Crippen molar-refractivity contribution >= 4 is 156 Å². The number of rotatable bonds is 2. The first-order valence-electron chi connectivity index (χ1n) is 28.8. The Bertz CT molecular complexity index is 5710. The van der Waals surface area contributed by atoms with E-state index in [1.807, 2.05) is 0 Å². The van der Waals surface area contributed by atoms with Gasteiger partial charge in [-0.2, -0.15) is 0 Å². The summed E-state index contributed by atoms with van der Waals surface area (Å²) in [6, 6.07) is 92.0. The van der Waals surface area contributed by atoms with Gasteiger partial charge in [-0.25, -0.2) is 0 Å². The second kappa shape index (κ2) is 14.0. The van der Waals surface area contributed by atoms with Gasteiger partial charge in [0.15, 0.2) is 0 Å². The Morgan fingerprint density at radius 1 is 0.232 bits per heavy atom. The zero-order valence-corrected chi connectivity index (χ0v) is 43.9. The maximum Gasteiger partial charge on any atom is 0.333 e. The summed E-state index contributed by atoms with van der Waals surface area (Å²) >= 11 is 0. The Balaban J connectivity index is 0.992. The standard InChI is InChI=1S/C74H40B2N6/c1-3-21-41(22-4-1)77-53-35-13-7-25-43(53)59-61-45-27-9-15-37-55(45)79-57-39-17-11-33-51(57)75-65(73(61)79)63(71(59)77)47-29-19-31-49-67(47)81(75)70-50-32-20-30-48-64-66-74-62(60-44-26-8-14-36-54(44)78(72(60)64)42-23-5-2-6-24-42)46-28-10-16-38-56(46)80(74)58-40-18-12-34-52(58)76(66)82(68(48)50)69(49)70/h1-40H. The van der Waals surface area contributed by atoms with Crippen molar-refractivity contribution in [2.75, 3.05) is 0 Å². The van der Waals surface area contributed by atoms with Crippen LogP contribution in [0.3, 0.4) is 0 Å². The molecule has 8 heteroatoms. The molecule has 0 saturated carbocycles. The molecule has 82 heavy (non-hydrogen) atoms. The molecule has 0 radical (unpaired) electrons. The van der Waals surface area contributed by atoms with E-state index in [2.05, 4.69) is 270 Å². The maximum atomic E-state index is 2.83. The number of fused-ring (bicyclic) bond motifs is 31. The summed E-state index contributed by atoms with van der Waals surface area (Å²) in [5.41, 5.74) is 30.6. The molecule has 6 nitrogen and oxygen atoms in total.